The monoisotopic (exact) mass is 284 g/mol. The topological polar surface area (TPSA) is 0 Å². The number of hydrogen-bond acceptors (Lipinski definition) is 0. The molecule has 0 aliphatic carbocycles. The van der Waals surface area contributed by atoms with Crippen molar-refractivity contribution < 1.29 is 0 Å². The van der Waals surface area contributed by atoms with Crippen LogP contribution < -0.4 is 10.6 Å². The highest BCUT2D eigenvalue weighted by Gasteiger charge is 2.21. The van der Waals surface area contributed by atoms with Crippen molar-refractivity contribution in [1.29, 1.82) is 0 Å². The molecule has 0 heterocycles. The van der Waals surface area contributed by atoms with Crippen molar-refractivity contribution in [2.45, 2.75) is 47.2 Å². The van der Waals surface area contributed by atoms with E-state index in [9.17, 15) is 0 Å². The van der Waals surface area contributed by atoms with E-state index in [-0.39, 0.29) is 7.92 Å². The first-order chi connectivity index (χ1) is 9.40. The Morgan fingerprint density at radius 1 is 0.700 bits per heavy atom. The minimum Gasteiger partial charge on any atom is -0.0587 e. The third-order valence-electron chi connectivity index (χ3n) is 3.74. The molecule has 2 rings (SSSR count). The lowest BCUT2D eigenvalue weighted by Gasteiger charge is -2.26. The smallest absolute Gasteiger partial charge is 0.0163 e. The quantitative estimate of drug-likeness (QED) is 0.713. The van der Waals surface area contributed by atoms with Crippen LogP contribution in [-0.2, 0) is 0 Å². The highest BCUT2D eigenvalue weighted by Crippen LogP contribution is 2.41. The minimum absolute atomic E-state index is 0.276. The van der Waals surface area contributed by atoms with Crippen LogP contribution in [0.4, 0.5) is 0 Å². The molecule has 0 unspecified atom stereocenters. The van der Waals surface area contributed by atoms with Crippen LogP contribution in [-0.4, -0.2) is 5.66 Å². The van der Waals surface area contributed by atoms with Gasteiger partial charge in [0, 0.05) is 0 Å². The van der Waals surface area contributed by atoms with E-state index in [1.165, 1.54) is 32.9 Å². The predicted octanol–water partition coefficient (Wildman–Crippen LogP) is 4.76. The van der Waals surface area contributed by atoms with Crippen LogP contribution in [0.5, 0.6) is 0 Å². The van der Waals surface area contributed by atoms with Gasteiger partial charge in [0.25, 0.3) is 0 Å². The van der Waals surface area contributed by atoms with Crippen LogP contribution in [0.3, 0.4) is 0 Å². The molecule has 0 nitrogen and oxygen atoms in total. The standard InChI is InChI=1S/C19H25P/c1-13(2)20(18-9-7-14(3)11-16(18)5)19-10-8-15(4)12-17(19)6/h7-13H,1-6H3. The van der Waals surface area contributed by atoms with E-state index in [4.69, 9.17) is 0 Å². The normalized spacial score (nSPS) is 11.4. The molecular weight excluding hydrogens is 259 g/mol. The van der Waals surface area contributed by atoms with Gasteiger partial charge in [-0.05, 0) is 63.0 Å². The number of benzene rings is 2. The molecule has 0 N–H and O–H groups in total. The SMILES string of the molecule is Cc1ccc(P(c2ccc(C)cc2C)C(C)C)c(C)c1. The molecule has 0 spiro atoms. The largest absolute Gasteiger partial charge is 0.0587 e. The summed E-state index contributed by atoms with van der Waals surface area (Å²) in [6, 6.07) is 13.8. The molecule has 2 aromatic rings. The zero-order chi connectivity index (χ0) is 14.9. The van der Waals surface area contributed by atoms with E-state index in [1.807, 2.05) is 0 Å². The van der Waals surface area contributed by atoms with Crippen LogP contribution in [0.2, 0.25) is 0 Å². The van der Waals surface area contributed by atoms with Gasteiger partial charge in [-0.15, -0.1) is 0 Å². The molecule has 0 fully saturated rings. The Morgan fingerprint density at radius 2 is 1.10 bits per heavy atom. The summed E-state index contributed by atoms with van der Waals surface area (Å²) in [6.45, 7) is 13.6. The summed E-state index contributed by atoms with van der Waals surface area (Å²) in [5.74, 6) is 0. The van der Waals surface area contributed by atoms with E-state index >= 15 is 0 Å². The summed E-state index contributed by atoms with van der Waals surface area (Å²) in [5, 5.41) is 3.07. The van der Waals surface area contributed by atoms with Crippen LogP contribution in [0.1, 0.15) is 36.1 Å². The van der Waals surface area contributed by atoms with Crippen molar-refractivity contribution in [3.05, 3.63) is 58.7 Å². The first-order valence-corrected chi connectivity index (χ1v) is 8.75. The highest BCUT2D eigenvalue weighted by atomic mass is 31.1. The zero-order valence-corrected chi connectivity index (χ0v) is 14.4. The average Bonchev–Trinajstić information content (AvgIpc) is 2.34. The summed E-state index contributed by atoms with van der Waals surface area (Å²) >= 11 is 0. The number of hydrogen-bond donors (Lipinski definition) is 0. The van der Waals surface area contributed by atoms with Gasteiger partial charge >= 0.3 is 0 Å². The second kappa shape index (κ2) is 6.10. The molecule has 0 saturated heterocycles. The zero-order valence-electron chi connectivity index (χ0n) is 13.5. The first-order valence-electron chi connectivity index (χ1n) is 7.34. The number of aryl methyl sites for hydroxylation is 4. The summed E-state index contributed by atoms with van der Waals surface area (Å²) in [7, 11) is -0.276. The number of rotatable bonds is 3. The molecule has 0 amide bonds. The van der Waals surface area contributed by atoms with Crippen LogP contribution in [0, 0.1) is 27.7 Å². The predicted molar refractivity (Wildman–Crippen MR) is 93.2 cm³/mol. The van der Waals surface area contributed by atoms with Gasteiger partial charge in [0.15, 0.2) is 0 Å². The summed E-state index contributed by atoms with van der Waals surface area (Å²) < 4.78 is 0. The van der Waals surface area contributed by atoms with Crippen molar-refractivity contribution in [3.8, 4) is 0 Å². The molecule has 0 aliphatic rings. The minimum atomic E-state index is -0.276. The fourth-order valence-corrected chi connectivity index (χ4v) is 5.57. The Hall–Kier alpha value is -1.13. The first kappa shape index (κ1) is 15.3. The Morgan fingerprint density at radius 3 is 1.40 bits per heavy atom. The van der Waals surface area contributed by atoms with Crippen LogP contribution in [0.15, 0.2) is 36.4 Å². The molecule has 0 bridgehead atoms. The van der Waals surface area contributed by atoms with Gasteiger partial charge in [0.05, 0.1) is 0 Å². The van der Waals surface area contributed by atoms with Crippen molar-refractivity contribution in [2.75, 3.05) is 0 Å². The van der Waals surface area contributed by atoms with Crippen molar-refractivity contribution in [3.63, 3.8) is 0 Å². The Kier molecular flexibility index (Phi) is 4.66. The van der Waals surface area contributed by atoms with E-state index < -0.39 is 0 Å². The Labute approximate surface area is 125 Å². The Bertz CT molecular complexity index is 560. The van der Waals surface area contributed by atoms with E-state index in [0.29, 0.717) is 5.66 Å². The van der Waals surface area contributed by atoms with Gasteiger partial charge in [0.2, 0.25) is 0 Å². The second-order valence-electron chi connectivity index (χ2n) is 6.04. The summed E-state index contributed by atoms with van der Waals surface area (Å²) in [5.41, 5.74) is 6.23. The van der Waals surface area contributed by atoms with Crippen LogP contribution >= 0.6 is 7.92 Å². The summed E-state index contributed by atoms with van der Waals surface area (Å²) in [4.78, 5) is 0. The molecule has 0 radical (unpaired) electrons. The second-order valence-corrected chi connectivity index (χ2v) is 8.78. The molecule has 1 heteroatoms. The molecule has 20 heavy (non-hydrogen) atoms. The summed E-state index contributed by atoms with van der Waals surface area (Å²) in [6.07, 6.45) is 0. The molecule has 106 valence electrons. The maximum Gasteiger partial charge on any atom is -0.0163 e. The van der Waals surface area contributed by atoms with Crippen molar-refractivity contribution in [2.24, 2.45) is 0 Å². The molecule has 0 aromatic heterocycles. The maximum atomic E-state index is 2.35. The highest BCUT2D eigenvalue weighted by molar-refractivity contribution is 7.73. The molecule has 0 atom stereocenters. The lowest BCUT2D eigenvalue weighted by Crippen LogP contribution is -2.22. The van der Waals surface area contributed by atoms with Crippen LogP contribution in [0.25, 0.3) is 0 Å². The fourth-order valence-electron chi connectivity index (χ4n) is 2.84. The van der Waals surface area contributed by atoms with E-state index in [2.05, 4.69) is 77.9 Å². The van der Waals surface area contributed by atoms with Crippen molar-refractivity contribution >= 4 is 18.5 Å². The van der Waals surface area contributed by atoms with Gasteiger partial charge in [-0.2, -0.15) is 0 Å². The molecular formula is C19H25P. The maximum absolute atomic E-state index is 2.35. The van der Waals surface area contributed by atoms with Gasteiger partial charge in [-0.25, -0.2) is 0 Å². The van der Waals surface area contributed by atoms with Gasteiger partial charge in [-0.3, -0.25) is 0 Å². The van der Waals surface area contributed by atoms with Gasteiger partial charge in [-0.1, -0.05) is 61.4 Å². The lowest BCUT2D eigenvalue weighted by atomic mass is 10.1. The third kappa shape index (κ3) is 3.13. The molecule has 0 aliphatic heterocycles. The third-order valence-corrected chi connectivity index (χ3v) is 6.81. The molecule has 0 saturated carbocycles. The Balaban J connectivity index is 2.56. The van der Waals surface area contributed by atoms with E-state index in [0.717, 1.165) is 0 Å². The van der Waals surface area contributed by atoms with Gasteiger partial charge in [0.1, 0.15) is 0 Å². The fraction of sp³-hybridized carbons (Fsp3) is 0.368. The molecule has 2 aromatic carbocycles. The van der Waals surface area contributed by atoms with E-state index in [1.54, 1.807) is 0 Å². The van der Waals surface area contributed by atoms with Crippen molar-refractivity contribution in [1.82, 2.24) is 0 Å². The lowest BCUT2D eigenvalue weighted by molar-refractivity contribution is 1.10. The van der Waals surface area contributed by atoms with Gasteiger partial charge < -0.3 is 0 Å². The average molecular weight is 284 g/mol.